The van der Waals surface area contributed by atoms with Crippen molar-refractivity contribution in [3.8, 4) is 5.75 Å². The van der Waals surface area contributed by atoms with Gasteiger partial charge in [0.25, 0.3) is 11.8 Å². The molecular weight excluding hydrogens is 394 g/mol. The molecule has 7 heteroatoms. The Hall–Kier alpha value is -4.00. The van der Waals surface area contributed by atoms with Crippen LogP contribution in [0.5, 0.6) is 5.75 Å². The van der Waals surface area contributed by atoms with Gasteiger partial charge in [0.05, 0.1) is 6.54 Å². The van der Waals surface area contributed by atoms with Crippen LogP contribution in [0.25, 0.3) is 11.0 Å². The van der Waals surface area contributed by atoms with Gasteiger partial charge in [-0.05, 0) is 48.0 Å². The van der Waals surface area contributed by atoms with E-state index in [0.717, 1.165) is 23.1 Å². The molecule has 2 N–H and O–H groups in total. The van der Waals surface area contributed by atoms with E-state index >= 15 is 0 Å². The molecule has 0 radical (unpaired) electrons. The van der Waals surface area contributed by atoms with Gasteiger partial charge in [-0.2, -0.15) is 0 Å². The van der Waals surface area contributed by atoms with Crippen molar-refractivity contribution >= 4 is 28.5 Å². The van der Waals surface area contributed by atoms with Crippen molar-refractivity contribution < 1.29 is 18.7 Å². The molecule has 0 spiro atoms. The highest BCUT2D eigenvalue weighted by atomic mass is 16.5. The number of ether oxygens (including phenoxy) is 1. The molecule has 0 aliphatic carbocycles. The maximum Gasteiger partial charge on any atom is 0.289 e. The molecule has 5 rings (SSSR count). The van der Waals surface area contributed by atoms with Crippen LogP contribution < -0.4 is 10.1 Å². The molecule has 2 amide bonds. The van der Waals surface area contributed by atoms with Gasteiger partial charge in [-0.3, -0.25) is 9.59 Å². The fourth-order valence-electron chi connectivity index (χ4n) is 3.83. The van der Waals surface area contributed by atoms with Gasteiger partial charge in [-0.25, -0.2) is 0 Å². The maximum atomic E-state index is 12.9. The number of nitrogens with zero attached hydrogens (tertiary/aromatic N) is 1. The highest BCUT2D eigenvalue weighted by Gasteiger charge is 2.26. The molecule has 1 aliphatic heterocycles. The smallest absolute Gasteiger partial charge is 0.289 e. The van der Waals surface area contributed by atoms with Crippen molar-refractivity contribution in [2.24, 2.45) is 0 Å². The van der Waals surface area contributed by atoms with E-state index in [1.54, 1.807) is 54.5 Å². The van der Waals surface area contributed by atoms with Crippen LogP contribution in [-0.4, -0.2) is 41.4 Å². The Morgan fingerprint density at radius 2 is 2.00 bits per heavy atom. The predicted molar refractivity (Wildman–Crippen MR) is 116 cm³/mol. The number of hydrogen-bond donors (Lipinski definition) is 2. The van der Waals surface area contributed by atoms with Crippen molar-refractivity contribution in [2.45, 2.75) is 12.5 Å². The van der Waals surface area contributed by atoms with E-state index in [1.807, 2.05) is 24.3 Å². The SMILES string of the molecule is CN(CC1Cc2ccccc2O1)C(=O)c1cc2cc(NC(=O)c3ccc[nH]3)ccc2o1. The third-order valence-electron chi connectivity index (χ3n) is 5.37. The first-order valence-corrected chi connectivity index (χ1v) is 10.1. The van der Waals surface area contributed by atoms with E-state index in [0.29, 0.717) is 23.5 Å². The first-order valence-electron chi connectivity index (χ1n) is 10.1. The highest BCUT2D eigenvalue weighted by molar-refractivity contribution is 6.04. The lowest BCUT2D eigenvalue weighted by Crippen LogP contribution is -2.36. The average molecular weight is 415 g/mol. The van der Waals surface area contributed by atoms with E-state index in [2.05, 4.69) is 10.3 Å². The summed E-state index contributed by atoms with van der Waals surface area (Å²) >= 11 is 0. The Morgan fingerprint density at radius 1 is 1.13 bits per heavy atom. The highest BCUT2D eigenvalue weighted by Crippen LogP contribution is 2.29. The molecule has 3 heterocycles. The number of furan rings is 1. The van der Waals surface area contributed by atoms with Gasteiger partial charge in [-0.1, -0.05) is 18.2 Å². The quantitative estimate of drug-likeness (QED) is 0.514. The topological polar surface area (TPSA) is 87.6 Å². The molecule has 7 nitrogen and oxygen atoms in total. The lowest BCUT2D eigenvalue weighted by Gasteiger charge is -2.20. The molecular formula is C24H21N3O4. The summed E-state index contributed by atoms with van der Waals surface area (Å²) in [4.78, 5) is 29.6. The monoisotopic (exact) mass is 415 g/mol. The van der Waals surface area contributed by atoms with Crippen molar-refractivity contribution in [1.29, 1.82) is 0 Å². The van der Waals surface area contributed by atoms with Crippen LogP contribution in [0.4, 0.5) is 5.69 Å². The summed E-state index contributed by atoms with van der Waals surface area (Å²) in [5.74, 6) is 0.682. The van der Waals surface area contributed by atoms with E-state index in [-0.39, 0.29) is 23.7 Å². The second kappa shape index (κ2) is 7.68. The fraction of sp³-hybridized carbons (Fsp3) is 0.167. The minimum atomic E-state index is -0.235. The molecule has 0 fully saturated rings. The number of aromatic nitrogens is 1. The number of rotatable bonds is 5. The number of nitrogens with one attached hydrogen (secondary N) is 2. The second-order valence-electron chi connectivity index (χ2n) is 7.64. The zero-order valence-electron chi connectivity index (χ0n) is 16.9. The second-order valence-corrected chi connectivity index (χ2v) is 7.64. The number of amides is 2. The van der Waals surface area contributed by atoms with Crippen molar-refractivity contribution in [3.63, 3.8) is 0 Å². The van der Waals surface area contributed by atoms with Crippen LogP contribution >= 0.6 is 0 Å². The van der Waals surface area contributed by atoms with E-state index < -0.39 is 0 Å². The number of para-hydroxylation sites is 1. The van der Waals surface area contributed by atoms with Crippen molar-refractivity contribution in [2.75, 3.05) is 18.9 Å². The Balaban J connectivity index is 1.27. The standard InChI is InChI=1S/C24H21N3O4/c1-27(14-18-12-15-5-2-3-7-20(15)30-18)24(29)22-13-16-11-17(8-9-21(16)31-22)26-23(28)19-6-4-10-25-19/h2-11,13,18,25H,12,14H2,1H3,(H,26,28). The van der Waals surface area contributed by atoms with Crippen LogP contribution in [-0.2, 0) is 6.42 Å². The van der Waals surface area contributed by atoms with Crippen LogP contribution in [0.15, 0.2) is 71.3 Å². The number of anilines is 1. The van der Waals surface area contributed by atoms with Gasteiger partial charge < -0.3 is 24.4 Å². The first kappa shape index (κ1) is 19.0. The minimum Gasteiger partial charge on any atom is -0.488 e. The molecule has 0 saturated carbocycles. The summed E-state index contributed by atoms with van der Waals surface area (Å²) in [7, 11) is 1.74. The summed E-state index contributed by atoms with van der Waals surface area (Å²) in [6, 6.07) is 18.4. The Labute approximate surface area is 178 Å². The number of benzene rings is 2. The van der Waals surface area contributed by atoms with Crippen molar-refractivity contribution in [1.82, 2.24) is 9.88 Å². The van der Waals surface area contributed by atoms with E-state index in [9.17, 15) is 9.59 Å². The van der Waals surface area contributed by atoms with Crippen LogP contribution in [0.2, 0.25) is 0 Å². The Kier molecular flexibility index (Phi) is 4.71. The van der Waals surface area contributed by atoms with Gasteiger partial charge in [0.2, 0.25) is 0 Å². The van der Waals surface area contributed by atoms with Gasteiger partial charge in [0.1, 0.15) is 23.1 Å². The number of fused-ring (bicyclic) bond motifs is 2. The number of carbonyl (C=O) groups is 2. The van der Waals surface area contributed by atoms with E-state index in [1.165, 1.54) is 0 Å². The number of hydrogen-bond acceptors (Lipinski definition) is 4. The molecule has 0 bridgehead atoms. The summed E-state index contributed by atoms with van der Waals surface area (Å²) in [5, 5.41) is 3.57. The molecule has 2 aromatic carbocycles. The number of H-pyrrole nitrogens is 1. The molecule has 2 aromatic heterocycles. The fourth-order valence-corrected chi connectivity index (χ4v) is 3.83. The van der Waals surface area contributed by atoms with Gasteiger partial charge in [-0.15, -0.1) is 0 Å². The number of aromatic amines is 1. The summed E-state index contributed by atoms with van der Waals surface area (Å²) in [5.41, 5.74) is 2.84. The molecule has 4 aromatic rings. The molecule has 1 atom stereocenters. The summed E-state index contributed by atoms with van der Waals surface area (Å²) < 4.78 is 11.7. The summed E-state index contributed by atoms with van der Waals surface area (Å²) in [6.07, 6.45) is 2.39. The Bertz CT molecular complexity index is 1230. The number of carbonyl (C=O) groups excluding carboxylic acids is 2. The first-order chi connectivity index (χ1) is 15.1. The molecule has 31 heavy (non-hydrogen) atoms. The average Bonchev–Trinajstić information content (AvgIpc) is 3.51. The lowest BCUT2D eigenvalue weighted by atomic mass is 10.1. The van der Waals surface area contributed by atoms with Crippen LogP contribution in [0.3, 0.4) is 0 Å². The molecule has 0 saturated heterocycles. The van der Waals surface area contributed by atoms with Crippen LogP contribution in [0, 0.1) is 0 Å². The lowest BCUT2D eigenvalue weighted by molar-refractivity contribution is 0.0702. The van der Waals surface area contributed by atoms with Gasteiger partial charge in [0.15, 0.2) is 5.76 Å². The van der Waals surface area contributed by atoms with Crippen LogP contribution in [0.1, 0.15) is 26.6 Å². The predicted octanol–water partition coefficient (Wildman–Crippen LogP) is 4.09. The Morgan fingerprint density at radius 3 is 2.81 bits per heavy atom. The van der Waals surface area contributed by atoms with Gasteiger partial charge >= 0.3 is 0 Å². The normalized spacial score (nSPS) is 14.8. The third-order valence-corrected chi connectivity index (χ3v) is 5.37. The molecule has 1 unspecified atom stereocenters. The van der Waals surface area contributed by atoms with E-state index in [4.69, 9.17) is 9.15 Å². The molecule has 156 valence electrons. The van der Waals surface area contributed by atoms with Crippen molar-refractivity contribution in [3.05, 3.63) is 83.9 Å². The number of likely N-dealkylation sites (N-methyl/N-ethyl adjacent to an activating group) is 1. The van der Waals surface area contributed by atoms with Gasteiger partial charge in [0, 0.05) is 30.7 Å². The zero-order valence-corrected chi connectivity index (χ0v) is 16.9. The third kappa shape index (κ3) is 3.77. The molecule has 1 aliphatic rings. The largest absolute Gasteiger partial charge is 0.488 e. The summed E-state index contributed by atoms with van der Waals surface area (Å²) in [6.45, 7) is 0.460. The maximum absolute atomic E-state index is 12.9. The minimum absolute atomic E-state index is 0.0782. The zero-order chi connectivity index (χ0) is 21.4.